The van der Waals surface area contributed by atoms with Crippen LogP contribution in [0.2, 0.25) is 0 Å². The maximum Gasteiger partial charge on any atom is 1.00 e. The van der Waals surface area contributed by atoms with Crippen molar-refractivity contribution in [3.63, 3.8) is 0 Å². The van der Waals surface area contributed by atoms with Gasteiger partial charge < -0.3 is 34.7 Å². The van der Waals surface area contributed by atoms with Crippen molar-refractivity contribution in [3.05, 3.63) is 78.5 Å². The van der Waals surface area contributed by atoms with E-state index >= 15 is 4.39 Å². The number of halogens is 2. The van der Waals surface area contributed by atoms with Gasteiger partial charge in [-0.2, -0.15) is 0 Å². The van der Waals surface area contributed by atoms with Crippen LogP contribution >= 0.6 is 0 Å². The Bertz CT molecular complexity index is 1680. The third-order valence-corrected chi connectivity index (χ3v) is 6.68. The molecule has 1 saturated carbocycles. The number of benzene rings is 3. The van der Waals surface area contributed by atoms with E-state index in [2.05, 4.69) is 15.6 Å². The fourth-order valence-corrected chi connectivity index (χ4v) is 4.23. The van der Waals surface area contributed by atoms with E-state index in [0.29, 0.717) is 29.4 Å². The number of amides is 2. The summed E-state index contributed by atoms with van der Waals surface area (Å²) >= 11 is 0. The van der Waals surface area contributed by atoms with Crippen LogP contribution in [0.15, 0.2) is 66.9 Å². The van der Waals surface area contributed by atoms with Crippen LogP contribution in [0.5, 0.6) is 23.0 Å². The quantitative estimate of drug-likeness (QED) is 0.198. The third-order valence-electron chi connectivity index (χ3n) is 6.68. The molecule has 0 aliphatic heterocycles. The van der Waals surface area contributed by atoms with Gasteiger partial charge in [0.1, 0.15) is 17.0 Å². The van der Waals surface area contributed by atoms with Gasteiger partial charge in [-0.05, 0) is 61.4 Å². The molecule has 0 unspecified atom stereocenters. The largest absolute Gasteiger partial charge is 1.00 e. The Morgan fingerprint density at radius 3 is 2.19 bits per heavy atom. The number of nitrogens with zero attached hydrogens (tertiary/aromatic N) is 1. The van der Waals surface area contributed by atoms with Crippen molar-refractivity contribution in [1.29, 1.82) is 0 Å². The molecule has 1 aliphatic carbocycles. The average molecular weight is 583 g/mol. The zero-order valence-corrected chi connectivity index (χ0v) is 23.2. The molecule has 0 radical (unpaired) electrons. The first-order valence-electron chi connectivity index (χ1n) is 12.8. The summed E-state index contributed by atoms with van der Waals surface area (Å²) in [6.07, 6.45) is 1.78. The Balaban J connectivity index is 0.00000423. The number of aromatic nitrogens is 1. The summed E-state index contributed by atoms with van der Waals surface area (Å²) in [5.74, 6) is -2.92. The Labute approximate surface area is 256 Å². The minimum atomic E-state index is -1.30. The summed E-state index contributed by atoms with van der Waals surface area (Å²) in [6, 6.07) is 13.7. The predicted molar refractivity (Wildman–Crippen MR) is 145 cm³/mol. The number of carbonyl (C=O) groups is 3. The Morgan fingerprint density at radius 1 is 0.884 bits per heavy atom. The summed E-state index contributed by atoms with van der Waals surface area (Å²) in [6.45, 7) is -0.130. The summed E-state index contributed by atoms with van der Waals surface area (Å²) < 4.78 is 44.9. The first kappa shape index (κ1) is 31.3. The van der Waals surface area contributed by atoms with Gasteiger partial charge in [-0.1, -0.05) is 0 Å². The summed E-state index contributed by atoms with van der Waals surface area (Å²) in [5.41, 5.74) is -0.393. The maximum absolute atomic E-state index is 15.1. The number of hydrogen-bond acceptors (Lipinski definition) is 8. The monoisotopic (exact) mass is 583 g/mol. The molecule has 1 aromatic heterocycles. The zero-order valence-electron chi connectivity index (χ0n) is 23.2. The van der Waals surface area contributed by atoms with Crippen LogP contribution < -0.4 is 48.8 Å². The van der Waals surface area contributed by atoms with Crippen molar-refractivity contribution < 1.29 is 61.3 Å². The van der Waals surface area contributed by atoms with E-state index in [0.717, 1.165) is 6.07 Å². The van der Waals surface area contributed by atoms with Gasteiger partial charge in [-0.15, -0.1) is 0 Å². The molecule has 216 valence electrons. The topological polar surface area (TPSA) is 139 Å². The van der Waals surface area contributed by atoms with E-state index in [1.807, 2.05) is 0 Å². The molecule has 2 N–H and O–H groups in total. The van der Waals surface area contributed by atoms with E-state index in [1.165, 1.54) is 55.8 Å². The fraction of sp³-hybridized carbons (Fsp3) is 0.200. The average Bonchev–Trinajstić information content (AvgIpc) is 3.78. The molecule has 1 aliphatic rings. The van der Waals surface area contributed by atoms with Gasteiger partial charge in [0.25, 0.3) is 0 Å². The number of fused-ring (bicyclic) bond motifs is 1. The third kappa shape index (κ3) is 7.05. The number of pyridine rings is 1. The molecule has 4 aromatic rings. The molecule has 0 spiro atoms. The first-order chi connectivity index (χ1) is 20.2. The van der Waals surface area contributed by atoms with Crippen molar-refractivity contribution in [2.45, 2.75) is 19.3 Å². The molecule has 13 heteroatoms. The van der Waals surface area contributed by atoms with Gasteiger partial charge in [-0.25, -0.2) is 8.78 Å². The first-order valence-corrected chi connectivity index (χ1v) is 12.8. The molecular weight excluding hydrogens is 559 g/mol. The zero-order chi connectivity index (χ0) is 29.9. The number of anilines is 2. The Kier molecular flexibility index (Phi) is 9.53. The number of aliphatic carboxylic acids is 1. The fourth-order valence-electron chi connectivity index (χ4n) is 4.23. The van der Waals surface area contributed by atoms with Crippen molar-refractivity contribution in [3.8, 4) is 23.0 Å². The molecule has 1 fully saturated rings. The smallest absolute Gasteiger partial charge is 0.550 e. The van der Waals surface area contributed by atoms with Gasteiger partial charge in [0, 0.05) is 47.5 Å². The Morgan fingerprint density at radius 2 is 1.56 bits per heavy atom. The summed E-state index contributed by atoms with van der Waals surface area (Å²) in [5, 5.41) is 16.4. The van der Waals surface area contributed by atoms with Crippen molar-refractivity contribution in [2.75, 3.05) is 24.4 Å². The van der Waals surface area contributed by atoms with Gasteiger partial charge in [0.05, 0.1) is 19.2 Å². The SMILES string of the molecule is COc1cc2c(Oc3ccc(NC(=O)C4(C(=O)Nc5ccc(F)cc5)CC4)cc3F)ccnc2cc1OCCC(=O)[O-].[Li+]. The number of rotatable bonds is 11. The van der Waals surface area contributed by atoms with E-state index in [9.17, 15) is 23.9 Å². The van der Waals surface area contributed by atoms with E-state index in [1.54, 1.807) is 12.1 Å². The molecular formula is C30H24F2LiN3O7. The number of nitrogens with one attached hydrogen (secondary N) is 2. The molecule has 10 nitrogen and oxygen atoms in total. The number of ether oxygens (including phenoxy) is 3. The number of carboxylic acid groups (broad SMARTS) is 1. The van der Waals surface area contributed by atoms with Crippen LogP contribution in [-0.2, 0) is 14.4 Å². The van der Waals surface area contributed by atoms with E-state index in [4.69, 9.17) is 14.2 Å². The molecule has 43 heavy (non-hydrogen) atoms. The Hall–Kier alpha value is -4.66. The molecule has 3 aromatic carbocycles. The van der Waals surface area contributed by atoms with Crippen LogP contribution in [0.4, 0.5) is 20.2 Å². The van der Waals surface area contributed by atoms with Gasteiger partial charge >= 0.3 is 18.9 Å². The maximum atomic E-state index is 15.1. The second-order valence-corrected chi connectivity index (χ2v) is 9.54. The predicted octanol–water partition coefficient (Wildman–Crippen LogP) is 1.19. The van der Waals surface area contributed by atoms with Crippen LogP contribution in [0, 0.1) is 17.0 Å². The minimum Gasteiger partial charge on any atom is -0.550 e. The van der Waals surface area contributed by atoms with Gasteiger partial charge in [0.15, 0.2) is 23.1 Å². The second-order valence-electron chi connectivity index (χ2n) is 9.54. The van der Waals surface area contributed by atoms with Crippen molar-refractivity contribution >= 4 is 40.1 Å². The van der Waals surface area contributed by atoms with Crippen molar-refractivity contribution in [1.82, 2.24) is 4.98 Å². The summed E-state index contributed by atoms with van der Waals surface area (Å²) in [7, 11) is 1.41. The standard InChI is InChI=1S/C30H25F2N3O7.Li/c1-40-25-15-20-22(16-26(25)41-13-9-27(36)37)33-12-8-23(20)42-24-7-6-19(14-21(24)32)35-29(39)30(10-11-30)28(38)34-18-4-2-17(31)3-5-18;/h2-8,12,14-16H,9-11,13H2,1H3,(H,34,38)(H,35,39)(H,36,37);/q;+1/p-1. The normalized spacial score (nSPS) is 12.9. The van der Waals surface area contributed by atoms with E-state index < -0.39 is 34.8 Å². The van der Waals surface area contributed by atoms with Crippen LogP contribution in [0.1, 0.15) is 19.3 Å². The van der Waals surface area contributed by atoms with Crippen LogP contribution in [0.3, 0.4) is 0 Å². The van der Waals surface area contributed by atoms with Gasteiger partial charge in [0.2, 0.25) is 11.8 Å². The van der Waals surface area contributed by atoms with Crippen molar-refractivity contribution in [2.24, 2.45) is 5.41 Å². The summed E-state index contributed by atoms with van der Waals surface area (Å²) in [4.78, 5) is 40.7. The molecule has 5 rings (SSSR count). The van der Waals surface area contributed by atoms with Crippen LogP contribution in [0.25, 0.3) is 10.9 Å². The number of carbonyl (C=O) groups excluding carboxylic acids is 3. The number of methoxy groups -OCH3 is 1. The van der Waals surface area contributed by atoms with Gasteiger partial charge in [-0.3, -0.25) is 14.6 Å². The molecule has 2 amide bonds. The molecule has 0 atom stereocenters. The second kappa shape index (κ2) is 13.1. The van der Waals surface area contributed by atoms with E-state index in [-0.39, 0.29) is 60.6 Å². The molecule has 1 heterocycles. The molecule has 0 saturated heterocycles. The number of hydrogen-bond donors (Lipinski definition) is 2. The number of carboxylic acids is 1. The molecule has 0 bridgehead atoms. The minimum absolute atomic E-state index is 0. The van der Waals surface area contributed by atoms with Crippen LogP contribution in [-0.4, -0.2) is 36.5 Å².